The van der Waals surface area contributed by atoms with Crippen LogP contribution in [0.4, 0.5) is 0 Å². The maximum absolute atomic E-state index is 11.6. The molecule has 0 amide bonds. The second kappa shape index (κ2) is 5.30. The summed E-state index contributed by atoms with van der Waals surface area (Å²) in [5.41, 5.74) is 0.283. The molecule has 2 rings (SSSR count). The van der Waals surface area contributed by atoms with Crippen LogP contribution in [-0.4, -0.2) is 17.6 Å². The van der Waals surface area contributed by atoms with Crippen LogP contribution in [0.3, 0.4) is 0 Å². The smallest absolute Gasteiger partial charge is 0.356 e. The summed E-state index contributed by atoms with van der Waals surface area (Å²) in [6.07, 6.45) is 6.33. The van der Waals surface area contributed by atoms with Crippen molar-refractivity contribution in [2.24, 2.45) is 5.92 Å². The number of rotatable bonds is 3. The number of carbonyl (C=O) groups excluding carboxylic acids is 1. The van der Waals surface area contributed by atoms with Gasteiger partial charge in [-0.2, -0.15) is 0 Å². The first kappa shape index (κ1) is 11.4. The first-order valence-electron chi connectivity index (χ1n) is 5.54. The van der Waals surface area contributed by atoms with E-state index in [1.807, 2.05) is 0 Å². The third-order valence-corrected chi connectivity index (χ3v) is 3.09. The average molecular weight is 240 g/mol. The maximum Gasteiger partial charge on any atom is 0.356 e. The van der Waals surface area contributed by atoms with Gasteiger partial charge in [-0.25, -0.2) is 9.78 Å². The summed E-state index contributed by atoms with van der Waals surface area (Å²) in [6.45, 7) is 0.507. The Morgan fingerprint density at radius 2 is 2.25 bits per heavy atom. The Balaban J connectivity index is 1.87. The number of pyridine rings is 1. The summed E-state index contributed by atoms with van der Waals surface area (Å²) < 4.78 is 5.21. The van der Waals surface area contributed by atoms with Crippen LogP contribution in [-0.2, 0) is 4.74 Å². The highest BCUT2D eigenvalue weighted by atomic mass is 35.5. The Hall–Kier alpha value is -1.09. The van der Waals surface area contributed by atoms with E-state index in [1.54, 1.807) is 6.07 Å². The minimum atomic E-state index is -0.380. The highest BCUT2D eigenvalue weighted by Gasteiger charge is 2.18. The van der Waals surface area contributed by atoms with Crippen molar-refractivity contribution >= 4 is 17.6 Å². The number of nitrogens with zero attached hydrogens (tertiary/aromatic N) is 1. The van der Waals surface area contributed by atoms with Gasteiger partial charge in [0.05, 0.1) is 6.61 Å². The number of halogens is 1. The van der Waals surface area contributed by atoms with Crippen molar-refractivity contribution in [3.8, 4) is 0 Å². The first-order chi connectivity index (χ1) is 7.75. The summed E-state index contributed by atoms with van der Waals surface area (Å²) in [4.78, 5) is 15.5. The Morgan fingerprint density at radius 1 is 1.50 bits per heavy atom. The zero-order chi connectivity index (χ0) is 11.4. The van der Waals surface area contributed by atoms with Crippen LogP contribution in [0, 0.1) is 5.92 Å². The third-order valence-electron chi connectivity index (χ3n) is 2.86. The molecule has 86 valence electrons. The van der Waals surface area contributed by atoms with Gasteiger partial charge in [0.25, 0.3) is 0 Å². The fraction of sp³-hybridized carbons (Fsp3) is 0.500. The number of hydrogen-bond acceptors (Lipinski definition) is 3. The van der Waals surface area contributed by atoms with Gasteiger partial charge < -0.3 is 4.74 Å². The van der Waals surface area contributed by atoms with Crippen molar-refractivity contribution in [1.82, 2.24) is 4.98 Å². The van der Waals surface area contributed by atoms with E-state index < -0.39 is 0 Å². The van der Waals surface area contributed by atoms with E-state index in [-0.39, 0.29) is 11.7 Å². The lowest BCUT2D eigenvalue weighted by atomic mass is 10.1. The van der Waals surface area contributed by atoms with Gasteiger partial charge in [-0.05, 0) is 30.9 Å². The van der Waals surface area contributed by atoms with Crippen LogP contribution in [0.2, 0.25) is 5.02 Å². The van der Waals surface area contributed by atoms with Crippen LogP contribution in [0.5, 0.6) is 0 Å². The topological polar surface area (TPSA) is 39.2 Å². The molecule has 1 aromatic heterocycles. The summed E-state index contributed by atoms with van der Waals surface area (Å²) in [5, 5.41) is 0.503. The van der Waals surface area contributed by atoms with E-state index in [2.05, 4.69) is 4.98 Å². The molecule has 0 aliphatic heterocycles. The van der Waals surface area contributed by atoms with Gasteiger partial charge in [0.15, 0.2) is 0 Å². The molecule has 0 radical (unpaired) electrons. The highest BCUT2D eigenvalue weighted by molar-refractivity contribution is 6.30. The summed E-state index contributed by atoms with van der Waals surface area (Å²) in [6, 6.07) is 3.16. The molecular weight excluding hydrogens is 226 g/mol. The molecule has 0 unspecified atom stereocenters. The lowest BCUT2D eigenvalue weighted by molar-refractivity contribution is 0.0435. The zero-order valence-electron chi connectivity index (χ0n) is 8.99. The lowest BCUT2D eigenvalue weighted by Crippen LogP contribution is -2.13. The summed E-state index contributed by atoms with van der Waals surface area (Å²) in [5.74, 6) is 0.150. The van der Waals surface area contributed by atoms with E-state index in [0.717, 1.165) is 12.8 Å². The minimum Gasteiger partial charge on any atom is -0.461 e. The molecule has 1 heterocycles. The van der Waals surface area contributed by atoms with Gasteiger partial charge in [0.1, 0.15) is 5.69 Å². The highest BCUT2D eigenvalue weighted by Crippen LogP contribution is 2.24. The SMILES string of the molecule is O=C(OCC1CCCC1)c1cc(Cl)ccn1. The molecule has 1 aliphatic carbocycles. The van der Waals surface area contributed by atoms with E-state index in [1.165, 1.54) is 25.1 Å². The summed E-state index contributed by atoms with van der Waals surface area (Å²) in [7, 11) is 0. The van der Waals surface area contributed by atoms with Crippen LogP contribution in [0.1, 0.15) is 36.2 Å². The predicted molar refractivity (Wildman–Crippen MR) is 61.5 cm³/mol. The molecule has 0 aromatic carbocycles. The van der Waals surface area contributed by atoms with Gasteiger partial charge >= 0.3 is 5.97 Å². The molecule has 1 fully saturated rings. The van der Waals surface area contributed by atoms with E-state index >= 15 is 0 Å². The fourth-order valence-electron chi connectivity index (χ4n) is 1.96. The third kappa shape index (κ3) is 2.95. The number of ether oxygens (including phenoxy) is 1. The molecule has 4 heteroatoms. The van der Waals surface area contributed by atoms with Gasteiger partial charge in [0.2, 0.25) is 0 Å². The standard InChI is InChI=1S/C12H14ClNO2/c13-10-5-6-14-11(7-10)12(15)16-8-9-3-1-2-4-9/h5-7,9H,1-4,8H2. The van der Waals surface area contributed by atoms with Gasteiger partial charge in [-0.3, -0.25) is 0 Å². The normalized spacial score (nSPS) is 16.3. The van der Waals surface area contributed by atoms with Crippen LogP contribution in [0.25, 0.3) is 0 Å². The van der Waals surface area contributed by atoms with Crippen molar-refractivity contribution < 1.29 is 9.53 Å². The molecule has 0 atom stereocenters. The van der Waals surface area contributed by atoms with Crippen LogP contribution in [0.15, 0.2) is 18.3 Å². The number of hydrogen-bond donors (Lipinski definition) is 0. The molecule has 0 spiro atoms. The lowest BCUT2D eigenvalue weighted by Gasteiger charge is -2.09. The van der Waals surface area contributed by atoms with E-state index in [4.69, 9.17) is 16.3 Å². The molecule has 1 aliphatic rings. The Morgan fingerprint density at radius 3 is 2.94 bits per heavy atom. The van der Waals surface area contributed by atoms with Crippen molar-refractivity contribution in [2.45, 2.75) is 25.7 Å². The number of aromatic nitrogens is 1. The summed E-state index contributed by atoms with van der Waals surface area (Å²) >= 11 is 5.77. The molecule has 0 saturated heterocycles. The van der Waals surface area contributed by atoms with E-state index in [9.17, 15) is 4.79 Å². The van der Waals surface area contributed by atoms with E-state index in [0.29, 0.717) is 17.5 Å². The zero-order valence-corrected chi connectivity index (χ0v) is 9.74. The van der Waals surface area contributed by atoms with Crippen molar-refractivity contribution in [3.05, 3.63) is 29.0 Å². The molecule has 1 saturated carbocycles. The molecule has 0 N–H and O–H groups in total. The number of carbonyl (C=O) groups is 1. The first-order valence-corrected chi connectivity index (χ1v) is 5.92. The largest absolute Gasteiger partial charge is 0.461 e. The quantitative estimate of drug-likeness (QED) is 0.761. The van der Waals surface area contributed by atoms with Crippen LogP contribution < -0.4 is 0 Å². The Kier molecular flexibility index (Phi) is 3.78. The number of esters is 1. The maximum atomic E-state index is 11.6. The minimum absolute atomic E-state index is 0.283. The molecule has 16 heavy (non-hydrogen) atoms. The van der Waals surface area contributed by atoms with Crippen LogP contribution >= 0.6 is 11.6 Å². The van der Waals surface area contributed by atoms with Crippen molar-refractivity contribution in [1.29, 1.82) is 0 Å². The molecule has 0 bridgehead atoms. The van der Waals surface area contributed by atoms with Gasteiger partial charge in [0, 0.05) is 11.2 Å². The fourth-order valence-corrected chi connectivity index (χ4v) is 2.12. The van der Waals surface area contributed by atoms with Crippen molar-refractivity contribution in [2.75, 3.05) is 6.61 Å². The Labute approximate surface area is 99.8 Å². The van der Waals surface area contributed by atoms with Gasteiger partial charge in [-0.1, -0.05) is 24.4 Å². The molecule has 3 nitrogen and oxygen atoms in total. The monoisotopic (exact) mass is 239 g/mol. The average Bonchev–Trinajstić information content (AvgIpc) is 2.78. The molecular formula is C12H14ClNO2. The molecule has 1 aromatic rings. The predicted octanol–water partition coefficient (Wildman–Crippen LogP) is 3.08. The van der Waals surface area contributed by atoms with Crippen molar-refractivity contribution in [3.63, 3.8) is 0 Å². The Bertz CT molecular complexity index is 375. The second-order valence-electron chi connectivity index (χ2n) is 4.11. The van der Waals surface area contributed by atoms with Gasteiger partial charge in [-0.15, -0.1) is 0 Å². The second-order valence-corrected chi connectivity index (χ2v) is 4.54.